The number of alkyl halides is 1. The SMILES string of the molecule is CC.CCC1(F)c2ccccc2N2c3cnc(-c4c(C(C)C)cncc4C(C)C)nc3N(C)C2C1C. The van der Waals surface area contributed by atoms with Crippen LogP contribution < -0.4 is 9.80 Å². The quantitative estimate of drug-likeness (QED) is 0.372. The van der Waals surface area contributed by atoms with Crippen molar-refractivity contribution >= 4 is 17.2 Å². The molecule has 0 amide bonds. The molecule has 192 valence electrons. The predicted molar refractivity (Wildman–Crippen MR) is 148 cm³/mol. The molecule has 4 heterocycles. The number of halogens is 1. The van der Waals surface area contributed by atoms with E-state index in [0.29, 0.717) is 24.1 Å². The summed E-state index contributed by atoms with van der Waals surface area (Å²) in [6.45, 7) is 16.7. The van der Waals surface area contributed by atoms with E-state index in [-0.39, 0.29) is 12.1 Å². The van der Waals surface area contributed by atoms with Crippen LogP contribution in [0.15, 0.2) is 42.9 Å². The number of benzene rings is 1. The van der Waals surface area contributed by atoms with E-state index in [1.165, 1.54) is 0 Å². The highest BCUT2D eigenvalue weighted by molar-refractivity contribution is 5.85. The normalized spacial score (nSPS) is 22.2. The van der Waals surface area contributed by atoms with Crippen molar-refractivity contribution in [1.29, 1.82) is 0 Å². The van der Waals surface area contributed by atoms with Gasteiger partial charge >= 0.3 is 0 Å². The van der Waals surface area contributed by atoms with E-state index < -0.39 is 5.67 Å². The molecule has 0 aliphatic carbocycles. The zero-order valence-corrected chi connectivity index (χ0v) is 23.2. The highest BCUT2D eigenvalue weighted by atomic mass is 19.1. The third kappa shape index (κ3) is 3.77. The third-order valence-corrected chi connectivity index (χ3v) is 7.77. The van der Waals surface area contributed by atoms with Crippen molar-refractivity contribution in [3.8, 4) is 11.4 Å². The molecule has 36 heavy (non-hydrogen) atoms. The zero-order valence-electron chi connectivity index (χ0n) is 23.2. The molecule has 0 saturated carbocycles. The summed E-state index contributed by atoms with van der Waals surface area (Å²) < 4.78 is 16.5. The molecule has 0 radical (unpaired) electrons. The molecule has 6 heteroatoms. The van der Waals surface area contributed by atoms with Gasteiger partial charge in [0.05, 0.1) is 6.20 Å². The van der Waals surface area contributed by atoms with E-state index in [1.807, 2.05) is 77.6 Å². The predicted octanol–water partition coefficient (Wildman–Crippen LogP) is 7.95. The molecule has 2 aliphatic rings. The van der Waals surface area contributed by atoms with E-state index in [1.54, 1.807) is 0 Å². The Morgan fingerprint density at radius 1 is 0.972 bits per heavy atom. The lowest BCUT2D eigenvalue weighted by Crippen LogP contribution is -2.54. The number of para-hydroxylation sites is 1. The molecule has 0 saturated heterocycles. The van der Waals surface area contributed by atoms with E-state index in [2.05, 4.69) is 42.5 Å². The van der Waals surface area contributed by atoms with Crippen molar-refractivity contribution in [3.05, 3.63) is 59.5 Å². The van der Waals surface area contributed by atoms with Crippen molar-refractivity contribution in [2.45, 2.75) is 85.5 Å². The summed E-state index contributed by atoms with van der Waals surface area (Å²) in [5.74, 6) is 1.91. The fourth-order valence-corrected chi connectivity index (χ4v) is 5.85. The second kappa shape index (κ2) is 9.79. The van der Waals surface area contributed by atoms with Crippen LogP contribution in [0.25, 0.3) is 11.4 Å². The molecule has 0 bridgehead atoms. The lowest BCUT2D eigenvalue weighted by atomic mass is 9.76. The molecule has 1 aromatic carbocycles. The number of fused-ring (bicyclic) bond motifs is 5. The van der Waals surface area contributed by atoms with Gasteiger partial charge in [0.1, 0.15) is 17.5 Å². The lowest BCUT2D eigenvalue weighted by Gasteiger charge is -2.47. The van der Waals surface area contributed by atoms with Crippen LogP contribution in [0.3, 0.4) is 0 Å². The first-order chi connectivity index (χ1) is 17.2. The van der Waals surface area contributed by atoms with E-state index in [0.717, 1.165) is 39.4 Å². The summed E-state index contributed by atoms with van der Waals surface area (Å²) in [7, 11) is 2.03. The van der Waals surface area contributed by atoms with Gasteiger partial charge in [-0.15, -0.1) is 0 Å². The average Bonchev–Trinajstić information content (AvgIpc) is 3.19. The maximum absolute atomic E-state index is 16.5. The molecule has 0 fully saturated rings. The van der Waals surface area contributed by atoms with E-state index in [4.69, 9.17) is 9.97 Å². The number of nitrogens with zero attached hydrogens (tertiary/aromatic N) is 5. The number of anilines is 3. The van der Waals surface area contributed by atoms with Crippen LogP contribution in [0.4, 0.5) is 21.6 Å². The maximum atomic E-state index is 16.5. The number of pyridine rings is 1. The van der Waals surface area contributed by atoms with Crippen LogP contribution in [0, 0.1) is 5.92 Å². The highest BCUT2D eigenvalue weighted by Crippen LogP contribution is 2.56. The second-order valence-corrected chi connectivity index (χ2v) is 10.3. The van der Waals surface area contributed by atoms with E-state index in [9.17, 15) is 0 Å². The van der Waals surface area contributed by atoms with Crippen LogP contribution in [0.5, 0.6) is 0 Å². The summed E-state index contributed by atoms with van der Waals surface area (Å²) in [4.78, 5) is 18.9. The van der Waals surface area contributed by atoms with Gasteiger partial charge in [-0.2, -0.15) is 0 Å². The van der Waals surface area contributed by atoms with Gasteiger partial charge in [0.15, 0.2) is 11.6 Å². The molecule has 3 aromatic rings. The topological polar surface area (TPSA) is 45.2 Å². The number of hydrogen-bond donors (Lipinski definition) is 0. The largest absolute Gasteiger partial charge is 0.337 e. The smallest absolute Gasteiger partial charge is 0.162 e. The Balaban J connectivity index is 0.00000148. The number of hydrogen-bond acceptors (Lipinski definition) is 5. The van der Waals surface area contributed by atoms with Gasteiger partial charge in [0, 0.05) is 42.2 Å². The monoisotopic (exact) mass is 489 g/mol. The highest BCUT2D eigenvalue weighted by Gasteiger charge is 2.54. The molecule has 3 unspecified atom stereocenters. The Bertz CT molecular complexity index is 1210. The molecule has 2 aliphatic heterocycles. The van der Waals surface area contributed by atoms with Gasteiger partial charge in [-0.3, -0.25) is 4.98 Å². The molecular weight excluding hydrogens is 449 g/mol. The number of aromatic nitrogens is 3. The van der Waals surface area contributed by atoms with E-state index >= 15 is 4.39 Å². The molecule has 2 aromatic heterocycles. The lowest BCUT2D eigenvalue weighted by molar-refractivity contribution is 0.0610. The van der Waals surface area contributed by atoms with Crippen molar-refractivity contribution in [2.75, 3.05) is 16.8 Å². The van der Waals surface area contributed by atoms with Crippen molar-refractivity contribution < 1.29 is 4.39 Å². The van der Waals surface area contributed by atoms with Gasteiger partial charge in [0.25, 0.3) is 0 Å². The first kappa shape index (κ1) is 26.1. The third-order valence-electron chi connectivity index (χ3n) is 7.77. The summed E-state index contributed by atoms with van der Waals surface area (Å²) in [5.41, 5.74) is 4.57. The summed E-state index contributed by atoms with van der Waals surface area (Å²) >= 11 is 0. The van der Waals surface area contributed by atoms with Gasteiger partial charge < -0.3 is 9.80 Å². The fraction of sp³-hybridized carbons (Fsp3) is 0.500. The first-order valence-corrected chi connectivity index (χ1v) is 13.4. The summed E-state index contributed by atoms with van der Waals surface area (Å²) in [6.07, 6.45) is 6.07. The maximum Gasteiger partial charge on any atom is 0.162 e. The minimum Gasteiger partial charge on any atom is -0.337 e. The van der Waals surface area contributed by atoms with Crippen LogP contribution in [0.1, 0.15) is 90.3 Å². The molecule has 5 nitrogen and oxygen atoms in total. The number of rotatable bonds is 4. The van der Waals surface area contributed by atoms with Gasteiger partial charge in [-0.1, -0.05) is 73.6 Å². The minimum atomic E-state index is -1.40. The van der Waals surface area contributed by atoms with Crippen LogP contribution in [0.2, 0.25) is 0 Å². The Hall–Kier alpha value is -3.02. The first-order valence-electron chi connectivity index (χ1n) is 13.4. The molecule has 0 N–H and O–H groups in total. The standard InChI is InChI=1S/C28H34FN5.C2H6/c1-8-28(29)18(6)27-33(7)26-23(34(27)22-12-10-9-11-21(22)28)15-31-25(32-26)24-19(16(2)3)13-30-14-20(24)17(4)5;1-2/h9-18,27H,8H2,1-7H3;1-2H3. The minimum absolute atomic E-state index is 0.161. The Kier molecular flexibility index (Phi) is 7.09. The summed E-state index contributed by atoms with van der Waals surface area (Å²) in [5, 5.41) is 0. The summed E-state index contributed by atoms with van der Waals surface area (Å²) in [6, 6.07) is 7.86. The zero-order chi connectivity index (χ0) is 26.4. The molecule has 0 spiro atoms. The molecule has 5 rings (SSSR count). The Morgan fingerprint density at radius 2 is 1.58 bits per heavy atom. The second-order valence-electron chi connectivity index (χ2n) is 10.3. The molecular formula is C30H40FN5. The fourth-order valence-electron chi connectivity index (χ4n) is 5.85. The van der Waals surface area contributed by atoms with Crippen molar-refractivity contribution in [2.24, 2.45) is 5.92 Å². The molecule has 3 atom stereocenters. The van der Waals surface area contributed by atoms with Gasteiger partial charge in [0.2, 0.25) is 0 Å². The van der Waals surface area contributed by atoms with Crippen molar-refractivity contribution in [1.82, 2.24) is 15.0 Å². The van der Waals surface area contributed by atoms with Crippen LogP contribution >= 0.6 is 0 Å². The van der Waals surface area contributed by atoms with Gasteiger partial charge in [-0.25, -0.2) is 14.4 Å². The van der Waals surface area contributed by atoms with Crippen LogP contribution in [-0.4, -0.2) is 28.2 Å². The van der Waals surface area contributed by atoms with Gasteiger partial charge in [-0.05, 0) is 35.4 Å². The van der Waals surface area contributed by atoms with Crippen LogP contribution in [-0.2, 0) is 5.67 Å². The Morgan fingerprint density at radius 3 is 2.17 bits per heavy atom. The Labute approximate surface area is 215 Å². The van der Waals surface area contributed by atoms with Crippen molar-refractivity contribution in [3.63, 3.8) is 0 Å². The average molecular weight is 490 g/mol.